The predicted octanol–water partition coefficient (Wildman–Crippen LogP) is 0.895. The summed E-state index contributed by atoms with van der Waals surface area (Å²) in [5.41, 5.74) is 0. The zero-order chi connectivity index (χ0) is 8.27. The van der Waals surface area contributed by atoms with Crippen LogP contribution in [0.2, 0.25) is 0 Å². The Kier molecular flexibility index (Phi) is 3.52. The van der Waals surface area contributed by atoms with Crippen LogP contribution in [0.25, 0.3) is 0 Å². The highest BCUT2D eigenvalue weighted by Gasteiger charge is 2.17. The minimum Gasteiger partial charge on any atom is -0.313 e. The van der Waals surface area contributed by atoms with E-state index in [2.05, 4.69) is 5.32 Å². The first-order valence-corrected chi connectivity index (χ1v) is 5.69. The first-order chi connectivity index (χ1) is 5.20. The van der Waals surface area contributed by atoms with Gasteiger partial charge in [0.05, 0.1) is 0 Å². The molecular formula is C8H17NOS. The predicted molar refractivity (Wildman–Crippen MR) is 49.2 cm³/mol. The van der Waals surface area contributed by atoms with Gasteiger partial charge in [-0.1, -0.05) is 13.8 Å². The van der Waals surface area contributed by atoms with Crippen LogP contribution >= 0.6 is 0 Å². The number of nitrogens with one attached hydrogen (secondary N) is 1. The molecule has 0 radical (unpaired) electrons. The van der Waals surface area contributed by atoms with Crippen molar-refractivity contribution in [3.05, 3.63) is 0 Å². The maximum absolute atomic E-state index is 11.4. The van der Waals surface area contributed by atoms with Crippen LogP contribution in [0.1, 0.15) is 26.7 Å². The summed E-state index contributed by atoms with van der Waals surface area (Å²) in [4.78, 5) is 0. The summed E-state index contributed by atoms with van der Waals surface area (Å²) in [6.45, 7) is 5.15. The van der Waals surface area contributed by atoms with Gasteiger partial charge in [-0.15, -0.1) is 0 Å². The van der Waals surface area contributed by atoms with Gasteiger partial charge in [0.1, 0.15) is 0 Å². The summed E-state index contributed by atoms with van der Waals surface area (Å²) >= 11 is 0. The van der Waals surface area contributed by atoms with Crippen molar-refractivity contribution in [3.8, 4) is 0 Å². The van der Waals surface area contributed by atoms with E-state index in [1.54, 1.807) is 0 Å². The summed E-state index contributed by atoms with van der Waals surface area (Å²) in [6, 6.07) is 0.526. The molecule has 1 N–H and O–H groups in total. The first kappa shape index (κ1) is 9.20. The lowest BCUT2D eigenvalue weighted by atomic mass is 10.3. The molecule has 0 saturated carbocycles. The van der Waals surface area contributed by atoms with Gasteiger partial charge in [-0.3, -0.25) is 4.21 Å². The Balaban J connectivity index is 2.24. The summed E-state index contributed by atoms with van der Waals surface area (Å²) in [5, 5.41) is 3.67. The smallest absolute Gasteiger partial charge is 0.0391 e. The molecule has 0 amide bonds. The van der Waals surface area contributed by atoms with Crippen molar-refractivity contribution >= 4 is 10.8 Å². The average molecular weight is 175 g/mol. The molecule has 1 fully saturated rings. The quantitative estimate of drug-likeness (QED) is 0.690. The van der Waals surface area contributed by atoms with Crippen molar-refractivity contribution < 1.29 is 4.21 Å². The molecule has 0 aromatic rings. The minimum absolute atomic E-state index is 0.317. The van der Waals surface area contributed by atoms with E-state index in [9.17, 15) is 4.21 Å². The van der Waals surface area contributed by atoms with Crippen molar-refractivity contribution in [2.75, 3.05) is 12.3 Å². The lowest BCUT2D eigenvalue weighted by Gasteiger charge is -2.11. The molecule has 11 heavy (non-hydrogen) atoms. The van der Waals surface area contributed by atoms with Crippen molar-refractivity contribution in [2.24, 2.45) is 0 Å². The average Bonchev–Trinajstić information content (AvgIpc) is 2.39. The van der Waals surface area contributed by atoms with E-state index in [4.69, 9.17) is 0 Å². The Morgan fingerprint density at radius 1 is 1.64 bits per heavy atom. The molecule has 3 heteroatoms. The lowest BCUT2D eigenvalue weighted by molar-refractivity contribution is 0.638. The van der Waals surface area contributed by atoms with E-state index in [-0.39, 0.29) is 0 Å². The van der Waals surface area contributed by atoms with Gasteiger partial charge in [0.15, 0.2) is 0 Å². The largest absolute Gasteiger partial charge is 0.313 e. The summed E-state index contributed by atoms with van der Waals surface area (Å²) in [7, 11) is -0.624. The van der Waals surface area contributed by atoms with Crippen molar-refractivity contribution in [3.63, 3.8) is 0 Å². The fourth-order valence-electron chi connectivity index (χ4n) is 1.29. The highest BCUT2D eigenvalue weighted by molar-refractivity contribution is 7.85. The number of hydrogen-bond acceptors (Lipinski definition) is 2. The zero-order valence-corrected chi connectivity index (χ0v) is 8.12. The Labute approximate surface area is 71.2 Å². The van der Waals surface area contributed by atoms with Crippen LogP contribution in [0.3, 0.4) is 0 Å². The summed E-state index contributed by atoms with van der Waals surface area (Å²) in [5.74, 6) is 0.845. The molecule has 2 atom stereocenters. The maximum Gasteiger partial charge on any atom is 0.0391 e. The van der Waals surface area contributed by atoms with Gasteiger partial charge in [-0.05, 0) is 19.4 Å². The molecular weight excluding hydrogens is 158 g/mol. The van der Waals surface area contributed by atoms with Crippen LogP contribution in [0.15, 0.2) is 0 Å². The molecule has 2 nitrogen and oxygen atoms in total. The highest BCUT2D eigenvalue weighted by Crippen LogP contribution is 2.07. The second-order valence-corrected chi connectivity index (χ2v) is 5.43. The fourth-order valence-corrected chi connectivity index (χ4v) is 2.36. The van der Waals surface area contributed by atoms with Crippen LogP contribution in [0, 0.1) is 0 Å². The fraction of sp³-hybridized carbons (Fsp3) is 1.00. The van der Waals surface area contributed by atoms with E-state index in [0.717, 1.165) is 12.3 Å². The number of rotatable bonds is 3. The normalized spacial score (nSPS) is 27.7. The Hall–Kier alpha value is 0.110. The van der Waals surface area contributed by atoms with Gasteiger partial charge in [-0.25, -0.2) is 0 Å². The Bertz CT molecular complexity index is 141. The van der Waals surface area contributed by atoms with Crippen molar-refractivity contribution in [1.82, 2.24) is 5.32 Å². The third-order valence-corrected chi connectivity index (χ3v) is 3.84. The van der Waals surface area contributed by atoms with E-state index in [0.29, 0.717) is 11.3 Å². The standard InChI is InChI=1S/C8H17NOS/c1-7(2)11(10)6-8-4-3-5-9-8/h7-9H,3-6H2,1-2H3. The van der Waals surface area contributed by atoms with Gasteiger partial charge in [0.25, 0.3) is 0 Å². The van der Waals surface area contributed by atoms with E-state index in [1.807, 2.05) is 13.8 Å². The van der Waals surface area contributed by atoms with Crippen LogP contribution in [-0.4, -0.2) is 27.8 Å². The van der Waals surface area contributed by atoms with E-state index >= 15 is 0 Å². The second-order valence-electron chi connectivity index (χ2n) is 3.39. The van der Waals surface area contributed by atoms with Crippen LogP contribution < -0.4 is 5.32 Å². The molecule has 0 bridgehead atoms. The van der Waals surface area contributed by atoms with Gasteiger partial charge in [0, 0.05) is 27.8 Å². The second kappa shape index (κ2) is 4.21. The molecule has 1 aliphatic rings. The SMILES string of the molecule is CC(C)S(=O)CC1CCCN1. The topological polar surface area (TPSA) is 29.1 Å². The summed E-state index contributed by atoms with van der Waals surface area (Å²) in [6.07, 6.45) is 2.46. The van der Waals surface area contributed by atoms with Crippen LogP contribution in [0.4, 0.5) is 0 Å². The molecule has 1 saturated heterocycles. The Morgan fingerprint density at radius 3 is 2.82 bits per heavy atom. The molecule has 0 spiro atoms. The van der Waals surface area contributed by atoms with Gasteiger partial charge < -0.3 is 5.32 Å². The van der Waals surface area contributed by atoms with Crippen LogP contribution in [-0.2, 0) is 10.8 Å². The number of hydrogen-bond donors (Lipinski definition) is 1. The Morgan fingerprint density at radius 2 is 2.36 bits per heavy atom. The van der Waals surface area contributed by atoms with Gasteiger partial charge in [-0.2, -0.15) is 0 Å². The zero-order valence-electron chi connectivity index (χ0n) is 7.30. The molecule has 1 aliphatic heterocycles. The molecule has 1 heterocycles. The molecule has 66 valence electrons. The van der Waals surface area contributed by atoms with E-state index < -0.39 is 10.8 Å². The van der Waals surface area contributed by atoms with Gasteiger partial charge >= 0.3 is 0 Å². The molecule has 0 aromatic heterocycles. The molecule has 1 rings (SSSR count). The third kappa shape index (κ3) is 2.91. The van der Waals surface area contributed by atoms with E-state index in [1.165, 1.54) is 12.8 Å². The third-order valence-electron chi connectivity index (χ3n) is 2.05. The lowest BCUT2D eigenvalue weighted by Crippen LogP contribution is -2.29. The minimum atomic E-state index is -0.624. The van der Waals surface area contributed by atoms with Crippen molar-refractivity contribution in [1.29, 1.82) is 0 Å². The highest BCUT2D eigenvalue weighted by atomic mass is 32.2. The summed E-state index contributed by atoms with van der Waals surface area (Å²) < 4.78 is 11.4. The van der Waals surface area contributed by atoms with Crippen molar-refractivity contribution in [2.45, 2.75) is 38.0 Å². The molecule has 2 unspecified atom stereocenters. The van der Waals surface area contributed by atoms with Crippen LogP contribution in [0.5, 0.6) is 0 Å². The maximum atomic E-state index is 11.4. The monoisotopic (exact) mass is 175 g/mol. The first-order valence-electron chi connectivity index (χ1n) is 4.30. The molecule has 0 aliphatic carbocycles. The molecule has 0 aromatic carbocycles. The van der Waals surface area contributed by atoms with Gasteiger partial charge in [0.2, 0.25) is 0 Å².